The summed E-state index contributed by atoms with van der Waals surface area (Å²) < 4.78 is 0. The van der Waals surface area contributed by atoms with E-state index in [1.807, 2.05) is 31.2 Å². The van der Waals surface area contributed by atoms with Crippen molar-refractivity contribution in [3.05, 3.63) is 52.1 Å². The fourth-order valence-corrected chi connectivity index (χ4v) is 1.57. The third-order valence-corrected chi connectivity index (χ3v) is 2.37. The number of nitrogens with one attached hydrogen (secondary N) is 1. The molecule has 6 nitrogen and oxygen atoms in total. The molecule has 0 atom stereocenters. The zero-order valence-corrected chi connectivity index (χ0v) is 9.75. The van der Waals surface area contributed by atoms with Gasteiger partial charge in [0.25, 0.3) is 0 Å². The van der Waals surface area contributed by atoms with E-state index >= 15 is 0 Å². The molecule has 0 aliphatic heterocycles. The number of benzene rings is 1. The number of hydrogen-bond acceptors (Lipinski definition) is 5. The van der Waals surface area contributed by atoms with E-state index in [0.717, 1.165) is 11.3 Å². The number of nitrogen functional groups attached to an aromatic ring is 1. The van der Waals surface area contributed by atoms with Gasteiger partial charge in [0.2, 0.25) is 5.82 Å². The normalized spacial score (nSPS) is 10.1. The molecule has 3 N–H and O–H groups in total. The van der Waals surface area contributed by atoms with Gasteiger partial charge in [0, 0.05) is 11.8 Å². The molecule has 6 heteroatoms. The summed E-state index contributed by atoms with van der Waals surface area (Å²) in [6.45, 7) is 1.94. The lowest BCUT2D eigenvalue weighted by Gasteiger charge is -2.07. The van der Waals surface area contributed by atoms with Crippen molar-refractivity contribution in [2.45, 2.75) is 6.92 Å². The van der Waals surface area contributed by atoms with Gasteiger partial charge in [-0.15, -0.1) is 0 Å². The van der Waals surface area contributed by atoms with E-state index in [1.165, 1.54) is 12.1 Å². The van der Waals surface area contributed by atoms with Crippen LogP contribution in [0.3, 0.4) is 0 Å². The van der Waals surface area contributed by atoms with Crippen LogP contribution in [0.15, 0.2) is 36.4 Å². The van der Waals surface area contributed by atoms with Crippen LogP contribution in [-0.4, -0.2) is 9.91 Å². The van der Waals surface area contributed by atoms with Crippen molar-refractivity contribution < 1.29 is 4.92 Å². The highest BCUT2D eigenvalue weighted by molar-refractivity contribution is 5.67. The Morgan fingerprint density at radius 3 is 2.78 bits per heavy atom. The Balaban J connectivity index is 2.39. The smallest absolute Gasteiger partial charge is 0.311 e. The second-order valence-corrected chi connectivity index (χ2v) is 3.86. The van der Waals surface area contributed by atoms with Gasteiger partial charge in [0.15, 0.2) is 0 Å². The zero-order chi connectivity index (χ0) is 13.1. The lowest BCUT2D eigenvalue weighted by molar-refractivity contribution is -0.384. The highest BCUT2D eigenvalue weighted by atomic mass is 16.6. The molecule has 0 saturated heterocycles. The Labute approximate surface area is 104 Å². The predicted octanol–water partition coefficient (Wildman–Crippen LogP) is 2.62. The van der Waals surface area contributed by atoms with Gasteiger partial charge in [-0.05, 0) is 30.7 Å². The van der Waals surface area contributed by atoms with E-state index in [4.69, 9.17) is 5.73 Å². The first-order valence-corrected chi connectivity index (χ1v) is 5.31. The summed E-state index contributed by atoms with van der Waals surface area (Å²) in [4.78, 5) is 14.3. The number of anilines is 3. The molecule has 0 spiro atoms. The van der Waals surface area contributed by atoms with Crippen LogP contribution in [0.25, 0.3) is 0 Å². The van der Waals surface area contributed by atoms with E-state index < -0.39 is 4.92 Å². The molecule has 0 saturated carbocycles. The maximum atomic E-state index is 10.9. The van der Waals surface area contributed by atoms with Crippen molar-refractivity contribution in [2.75, 3.05) is 11.1 Å². The Morgan fingerprint density at radius 1 is 1.33 bits per heavy atom. The molecular formula is C12H12N4O2. The summed E-state index contributed by atoms with van der Waals surface area (Å²) in [5, 5.41) is 13.8. The number of rotatable bonds is 3. The van der Waals surface area contributed by atoms with Crippen LogP contribution in [0.4, 0.5) is 23.0 Å². The first-order valence-electron chi connectivity index (χ1n) is 5.31. The van der Waals surface area contributed by atoms with Crippen molar-refractivity contribution in [3.8, 4) is 0 Å². The van der Waals surface area contributed by atoms with Gasteiger partial charge in [-0.25, -0.2) is 4.98 Å². The summed E-state index contributed by atoms with van der Waals surface area (Å²) in [6, 6.07) is 10.2. The number of hydrogen-bond donors (Lipinski definition) is 2. The maximum absolute atomic E-state index is 10.9. The average molecular weight is 244 g/mol. The fraction of sp³-hybridized carbons (Fsp3) is 0.0833. The number of aromatic nitrogens is 1. The average Bonchev–Trinajstić information content (AvgIpc) is 2.28. The van der Waals surface area contributed by atoms with Gasteiger partial charge < -0.3 is 11.1 Å². The van der Waals surface area contributed by atoms with Crippen molar-refractivity contribution in [2.24, 2.45) is 0 Å². The number of nitrogens with zero attached hydrogens (tertiary/aromatic N) is 2. The second kappa shape index (κ2) is 4.70. The quantitative estimate of drug-likeness (QED) is 0.639. The van der Waals surface area contributed by atoms with E-state index in [2.05, 4.69) is 10.3 Å². The lowest BCUT2D eigenvalue weighted by atomic mass is 10.2. The topological polar surface area (TPSA) is 94.1 Å². The summed E-state index contributed by atoms with van der Waals surface area (Å²) in [6.07, 6.45) is 0. The molecule has 0 unspecified atom stereocenters. The van der Waals surface area contributed by atoms with Crippen LogP contribution >= 0.6 is 0 Å². The summed E-state index contributed by atoms with van der Waals surface area (Å²) in [5.74, 6) is 0.376. The molecule has 92 valence electrons. The molecule has 0 amide bonds. The third kappa shape index (κ3) is 2.54. The largest absolute Gasteiger partial charge is 0.384 e. The van der Waals surface area contributed by atoms with Crippen molar-refractivity contribution in [3.63, 3.8) is 0 Å². The molecular weight excluding hydrogens is 232 g/mol. The Morgan fingerprint density at radius 2 is 2.11 bits per heavy atom. The van der Waals surface area contributed by atoms with E-state index in [9.17, 15) is 10.1 Å². The van der Waals surface area contributed by atoms with Crippen molar-refractivity contribution in [1.82, 2.24) is 4.98 Å². The van der Waals surface area contributed by atoms with Crippen molar-refractivity contribution >= 4 is 23.0 Å². The van der Waals surface area contributed by atoms with Crippen LogP contribution in [-0.2, 0) is 0 Å². The highest BCUT2D eigenvalue weighted by Gasteiger charge is 2.15. The van der Waals surface area contributed by atoms with Gasteiger partial charge in [-0.1, -0.05) is 12.1 Å². The molecule has 0 aliphatic carbocycles. The van der Waals surface area contributed by atoms with Gasteiger partial charge in [0.05, 0.1) is 4.92 Å². The molecule has 1 aromatic heterocycles. The van der Waals surface area contributed by atoms with E-state index in [0.29, 0.717) is 0 Å². The number of pyridine rings is 1. The summed E-state index contributed by atoms with van der Waals surface area (Å²) in [7, 11) is 0. The summed E-state index contributed by atoms with van der Waals surface area (Å²) >= 11 is 0. The molecule has 1 heterocycles. The second-order valence-electron chi connectivity index (χ2n) is 3.86. The molecule has 0 radical (unpaired) electrons. The Hall–Kier alpha value is -2.63. The van der Waals surface area contributed by atoms with Gasteiger partial charge in [-0.2, -0.15) is 0 Å². The molecule has 1 aromatic carbocycles. The first kappa shape index (κ1) is 11.8. The Kier molecular flexibility index (Phi) is 3.09. The minimum atomic E-state index is -0.495. The minimum Gasteiger partial charge on any atom is -0.384 e. The zero-order valence-electron chi connectivity index (χ0n) is 9.75. The molecule has 0 fully saturated rings. The van der Waals surface area contributed by atoms with Crippen LogP contribution < -0.4 is 11.1 Å². The van der Waals surface area contributed by atoms with Crippen molar-refractivity contribution in [1.29, 1.82) is 0 Å². The summed E-state index contributed by atoms with van der Waals surface area (Å²) in [5.41, 5.74) is 7.21. The SMILES string of the molecule is Cc1cccc(Nc2nc(N)ccc2[N+](=O)[O-])c1. The lowest BCUT2D eigenvalue weighted by Crippen LogP contribution is -2.02. The number of nitrogens with two attached hydrogens (primary N) is 1. The highest BCUT2D eigenvalue weighted by Crippen LogP contribution is 2.26. The molecule has 2 rings (SSSR count). The molecule has 18 heavy (non-hydrogen) atoms. The number of nitro groups is 1. The number of aryl methyl sites for hydroxylation is 1. The third-order valence-electron chi connectivity index (χ3n) is 2.37. The standard InChI is InChI=1S/C12H12N4O2/c1-8-3-2-4-9(7-8)14-12-10(16(17)18)5-6-11(13)15-12/h2-7H,1H3,(H3,13,14,15). The van der Waals surface area contributed by atoms with Crippen LogP contribution in [0.2, 0.25) is 0 Å². The van der Waals surface area contributed by atoms with Gasteiger partial charge in [-0.3, -0.25) is 10.1 Å². The fourth-order valence-electron chi connectivity index (χ4n) is 1.57. The van der Waals surface area contributed by atoms with Gasteiger partial charge >= 0.3 is 5.69 Å². The molecule has 0 bridgehead atoms. The van der Waals surface area contributed by atoms with E-state index in [-0.39, 0.29) is 17.3 Å². The molecule has 2 aromatic rings. The minimum absolute atomic E-state index is 0.106. The van der Waals surface area contributed by atoms with Crippen LogP contribution in [0.1, 0.15) is 5.56 Å². The van der Waals surface area contributed by atoms with Crippen LogP contribution in [0.5, 0.6) is 0 Å². The maximum Gasteiger partial charge on any atom is 0.311 e. The van der Waals surface area contributed by atoms with E-state index in [1.54, 1.807) is 0 Å². The predicted molar refractivity (Wildman–Crippen MR) is 69.8 cm³/mol. The first-order chi connectivity index (χ1) is 8.56. The van der Waals surface area contributed by atoms with Crippen LogP contribution in [0, 0.1) is 17.0 Å². The van der Waals surface area contributed by atoms with Gasteiger partial charge in [0.1, 0.15) is 5.82 Å². The monoisotopic (exact) mass is 244 g/mol. The molecule has 0 aliphatic rings. The Bertz CT molecular complexity index is 598.